The average Bonchev–Trinajstić information content (AvgIpc) is 2.49. The molecule has 0 unspecified atom stereocenters. The van der Waals surface area contributed by atoms with E-state index < -0.39 is 9.84 Å². The maximum atomic E-state index is 10.8. The molecule has 0 fully saturated rings. The molecule has 6 heteroatoms. The number of aryl methyl sites for hydroxylation is 1. The van der Waals surface area contributed by atoms with Crippen LogP contribution in [0.2, 0.25) is 0 Å². The second-order valence-electron chi connectivity index (χ2n) is 3.49. The maximum absolute atomic E-state index is 10.8. The molecule has 0 saturated carbocycles. The summed E-state index contributed by atoms with van der Waals surface area (Å²) in [5.41, 5.74) is 1.07. The van der Waals surface area contributed by atoms with E-state index in [2.05, 4.69) is 10.3 Å². The quantitative estimate of drug-likeness (QED) is 0.750. The van der Waals surface area contributed by atoms with Crippen molar-refractivity contribution < 1.29 is 8.42 Å². The van der Waals surface area contributed by atoms with Gasteiger partial charge in [0.2, 0.25) is 0 Å². The summed E-state index contributed by atoms with van der Waals surface area (Å²) in [6, 6.07) is 0. The van der Waals surface area contributed by atoms with Crippen LogP contribution in [0.25, 0.3) is 0 Å². The second kappa shape index (κ2) is 5.58. The summed E-state index contributed by atoms with van der Waals surface area (Å²) < 4.78 is 21.6. The molecule has 0 spiro atoms. The molecule has 0 aromatic carbocycles. The van der Waals surface area contributed by atoms with Gasteiger partial charge in [-0.25, -0.2) is 13.4 Å². The zero-order chi connectivity index (χ0) is 11.3. The van der Waals surface area contributed by atoms with Crippen molar-refractivity contribution in [2.24, 2.45) is 0 Å². The lowest BCUT2D eigenvalue weighted by Gasteiger charge is -2.01. The van der Waals surface area contributed by atoms with Crippen molar-refractivity contribution in [3.8, 4) is 0 Å². The van der Waals surface area contributed by atoms with Gasteiger partial charge in [-0.3, -0.25) is 0 Å². The van der Waals surface area contributed by atoms with Crippen LogP contribution in [-0.4, -0.2) is 38.5 Å². The van der Waals surface area contributed by atoms with Crippen molar-refractivity contribution in [3.05, 3.63) is 16.1 Å². The third kappa shape index (κ3) is 5.86. The number of sulfone groups is 1. The predicted molar refractivity (Wildman–Crippen MR) is 63.1 cm³/mol. The smallest absolute Gasteiger partial charge is 0.148 e. The molecule has 1 aromatic rings. The van der Waals surface area contributed by atoms with Crippen molar-refractivity contribution in [3.63, 3.8) is 0 Å². The predicted octanol–water partition coefficient (Wildman–Crippen LogP) is 0.628. The highest BCUT2D eigenvalue weighted by Gasteiger charge is 2.01. The Kier molecular flexibility index (Phi) is 4.69. The maximum Gasteiger partial charge on any atom is 0.148 e. The van der Waals surface area contributed by atoms with Crippen LogP contribution >= 0.6 is 11.3 Å². The van der Waals surface area contributed by atoms with Crippen molar-refractivity contribution >= 4 is 21.2 Å². The van der Waals surface area contributed by atoms with Crippen LogP contribution < -0.4 is 5.32 Å². The molecule has 0 saturated heterocycles. The number of hydrogen-bond donors (Lipinski definition) is 1. The van der Waals surface area contributed by atoms with Gasteiger partial charge in [-0.2, -0.15) is 0 Å². The minimum atomic E-state index is -2.84. The Hall–Kier alpha value is -0.460. The first-order chi connectivity index (χ1) is 6.97. The molecule has 86 valence electrons. The molecule has 0 aliphatic carbocycles. The average molecular weight is 248 g/mol. The molecule has 0 amide bonds. The zero-order valence-electron chi connectivity index (χ0n) is 8.99. The van der Waals surface area contributed by atoms with Gasteiger partial charge in [0.1, 0.15) is 9.84 Å². The van der Waals surface area contributed by atoms with Crippen molar-refractivity contribution in [1.29, 1.82) is 0 Å². The first kappa shape index (κ1) is 12.6. The fourth-order valence-electron chi connectivity index (χ4n) is 1.12. The van der Waals surface area contributed by atoms with Crippen molar-refractivity contribution in [1.82, 2.24) is 10.3 Å². The molecule has 15 heavy (non-hydrogen) atoms. The number of nitrogens with one attached hydrogen (secondary N) is 1. The van der Waals surface area contributed by atoms with Gasteiger partial charge in [0.25, 0.3) is 0 Å². The van der Waals surface area contributed by atoms with Crippen LogP contribution in [0.3, 0.4) is 0 Å². The van der Waals surface area contributed by atoms with Gasteiger partial charge in [-0.05, 0) is 6.92 Å². The summed E-state index contributed by atoms with van der Waals surface area (Å²) in [6.45, 7) is 3.27. The normalized spacial score (nSPS) is 11.9. The van der Waals surface area contributed by atoms with Gasteiger partial charge >= 0.3 is 0 Å². The molecule has 0 aliphatic heterocycles. The third-order valence-corrected chi connectivity index (χ3v) is 3.64. The number of hydrogen-bond acceptors (Lipinski definition) is 5. The van der Waals surface area contributed by atoms with Crippen LogP contribution in [0.5, 0.6) is 0 Å². The van der Waals surface area contributed by atoms with E-state index in [1.807, 2.05) is 12.3 Å². The van der Waals surface area contributed by atoms with Crippen LogP contribution in [-0.2, 0) is 16.3 Å². The summed E-state index contributed by atoms with van der Waals surface area (Å²) in [6.07, 6.45) is 2.10. The Morgan fingerprint density at radius 2 is 2.20 bits per heavy atom. The number of nitrogens with zero attached hydrogens (tertiary/aromatic N) is 1. The highest BCUT2D eigenvalue weighted by molar-refractivity contribution is 7.90. The Morgan fingerprint density at radius 1 is 1.47 bits per heavy atom. The van der Waals surface area contributed by atoms with Gasteiger partial charge in [-0.15, -0.1) is 11.3 Å². The largest absolute Gasteiger partial charge is 0.315 e. The van der Waals surface area contributed by atoms with Crippen molar-refractivity contribution in [2.75, 3.05) is 25.1 Å². The third-order valence-electron chi connectivity index (χ3n) is 1.87. The van der Waals surface area contributed by atoms with Crippen molar-refractivity contribution in [2.45, 2.75) is 13.3 Å². The fraction of sp³-hybridized carbons (Fsp3) is 0.667. The Balaban J connectivity index is 2.12. The summed E-state index contributed by atoms with van der Waals surface area (Å²) in [5, 5.41) is 6.19. The summed E-state index contributed by atoms with van der Waals surface area (Å²) >= 11 is 1.64. The van der Waals surface area contributed by atoms with E-state index in [1.54, 1.807) is 11.3 Å². The highest BCUT2D eigenvalue weighted by Crippen LogP contribution is 2.07. The van der Waals surface area contributed by atoms with E-state index in [9.17, 15) is 8.42 Å². The second-order valence-corrected chi connectivity index (χ2v) is 6.81. The van der Waals surface area contributed by atoms with Crippen LogP contribution in [0, 0.1) is 6.92 Å². The molecule has 0 radical (unpaired) electrons. The van der Waals surface area contributed by atoms with E-state index in [0.717, 1.165) is 23.7 Å². The summed E-state index contributed by atoms with van der Waals surface area (Å²) in [7, 11) is -2.84. The lowest BCUT2D eigenvalue weighted by molar-refractivity contribution is 0.596. The Bertz CT molecular complexity index is 398. The van der Waals surface area contributed by atoms with Gasteiger partial charge < -0.3 is 5.32 Å². The van der Waals surface area contributed by atoms with E-state index in [-0.39, 0.29) is 5.75 Å². The lowest BCUT2D eigenvalue weighted by Crippen LogP contribution is -2.24. The molecular formula is C9H16N2O2S2. The van der Waals surface area contributed by atoms with Gasteiger partial charge in [0, 0.05) is 31.1 Å². The van der Waals surface area contributed by atoms with Gasteiger partial charge in [0.05, 0.1) is 16.5 Å². The first-order valence-electron chi connectivity index (χ1n) is 4.77. The van der Waals surface area contributed by atoms with Crippen LogP contribution in [0.15, 0.2) is 5.38 Å². The molecule has 0 aliphatic rings. The van der Waals surface area contributed by atoms with E-state index in [4.69, 9.17) is 0 Å². The van der Waals surface area contributed by atoms with Gasteiger partial charge in [-0.1, -0.05) is 0 Å². The molecule has 1 N–H and O–H groups in total. The summed E-state index contributed by atoms with van der Waals surface area (Å²) in [5.74, 6) is 0.198. The number of aromatic nitrogens is 1. The molecule has 4 nitrogen and oxygen atoms in total. The monoisotopic (exact) mass is 248 g/mol. The molecular weight excluding hydrogens is 232 g/mol. The standard InChI is InChI=1S/C9H16N2O2S2/c1-8-11-9(7-14-8)3-4-10-5-6-15(2,12)13/h7,10H,3-6H2,1-2H3. The van der Waals surface area contributed by atoms with Gasteiger partial charge in [0.15, 0.2) is 0 Å². The minimum absolute atomic E-state index is 0.198. The molecule has 0 atom stereocenters. The van der Waals surface area contributed by atoms with Crippen LogP contribution in [0.4, 0.5) is 0 Å². The van der Waals surface area contributed by atoms with Crippen LogP contribution in [0.1, 0.15) is 10.7 Å². The Labute approximate surface area is 94.7 Å². The molecule has 1 heterocycles. The summed E-state index contributed by atoms with van der Waals surface area (Å²) in [4.78, 5) is 4.32. The van der Waals surface area contributed by atoms with E-state index in [0.29, 0.717) is 6.54 Å². The first-order valence-corrected chi connectivity index (χ1v) is 7.71. The fourth-order valence-corrected chi connectivity index (χ4v) is 2.28. The molecule has 1 rings (SSSR count). The SMILES string of the molecule is Cc1nc(CCNCCS(C)(=O)=O)cs1. The zero-order valence-corrected chi connectivity index (χ0v) is 10.6. The lowest BCUT2D eigenvalue weighted by atomic mass is 10.3. The Morgan fingerprint density at radius 3 is 2.73 bits per heavy atom. The van der Waals surface area contributed by atoms with E-state index in [1.165, 1.54) is 6.26 Å². The highest BCUT2D eigenvalue weighted by atomic mass is 32.2. The topological polar surface area (TPSA) is 59.1 Å². The number of thiazole rings is 1. The number of rotatable bonds is 6. The molecule has 1 aromatic heterocycles. The molecule has 0 bridgehead atoms. The minimum Gasteiger partial charge on any atom is -0.315 e. The van der Waals surface area contributed by atoms with E-state index >= 15 is 0 Å².